The van der Waals surface area contributed by atoms with E-state index in [9.17, 15) is 4.79 Å². The molecule has 1 aliphatic carbocycles. The van der Waals surface area contributed by atoms with Crippen molar-refractivity contribution in [3.8, 4) is 0 Å². The van der Waals surface area contributed by atoms with E-state index in [-0.39, 0.29) is 29.3 Å². The molecule has 2 heterocycles. The third-order valence-electron chi connectivity index (χ3n) is 6.48. The zero-order valence-corrected chi connectivity index (χ0v) is 19.2. The van der Waals surface area contributed by atoms with Crippen LogP contribution in [0.25, 0.3) is 0 Å². The van der Waals surface area contributed by atoms with Gasteiger partial charge in [-0.05, 0) is 57.6 Å². The maximum Gasteiger partial charge on any atom is 0.247 e. The van der Waals surface area contributed by atoms with Crippen molar-refractivity contribution < 1.29 is 13.9 Å². The van der Waals surface area contributed by atoms with E-state index in [2.05, 4.69) is 24.1 Å². The van der Waals surface area contributed by atoms with Crippen molar-refractivity contribution in [2.45, 2.75) is 63.1 Å². The van der Waals surface area contributed by atoms with Crippen molar-refractivity contribution >= 4 is 29.1 Å². The van der Waals surface area contributed by atoms with Crippen LogP contribution < -0.4 is 5.32 Å². The number of halogens is 3. The Balaban J connectivity index is 1.46. The molecule has 164 valence electrons. The summed E-state index contributed by atoms with van der Waals surface area (Å²) in [5, 5.41) is 2.90. The Morgan fingerprint density at radius 3 is 2.72 bits per heavy atom. The molecular formula is C22H33Cl2FN2O2. The van der Waals surface area contributed by atoms with E-state index in [1.165, 1.54) is 0 Å². The van der Waals surface area contributed by atoms with Gasteiger partial charge in [0.15, 0.2) is 0 Å². The van der Waals surface area contributed by atoms with Crippen molar-refractivity contribution in [3.05, 3.63) is 22.8 Å². The molecular weight excluding hydrogens is 414 g/mol. The van der Waals surface area contributed by atoms with Gasteiger partial charge < -0.3 is 15.0 Å². The number of nitrogens with zero attached hydrogens (tertiary/aromatic N) is 1. The molecule has 3 aliphatic rings. The number of amides is 1. The minimum absolute atomic E-state index is 0.0301. The van der Waals surface area contributed by atoms with Crippen LogP contribution in [0.4, 0.5) is 4.39 Å². The van der Waals surface area contributed by atoms with Gasteiger partial charge in [-0.15, -0.1) is 11.6 Å². The number of nitrogens with one attached hydrogen (secondary N) is 1. The molecule has 3 atom stereocenters. The van der Waals surface area contributed by atoms with Crippen LogP contribution in [-0.4, -0.2) is 60.2 Å². The molecule has 2 fully saturated rings. The first kappa shape index (κ1) is 23.1. The monoisotopic (exact) mass is 446 g/mol. The Labute approximate surface area is 183 Å². The fraction of sp³-hybridized carbons (Fsp3) is 0.773. The molecule has 3 rings (SSSR count). The molecule has 1 N–H and O–H groups in total. The topological polar surface area (TPSA) is 41.6 Å². The molecule has 2 unspecified atom stereocenters. The number of hydrogen-bond acceptors (Lipinski definition) is 3. The van der Waals surface area contributed by atoms with Crippen LogP contribution >= 0.6 is 23.2 Å². The Kier molecular flexibility index (Phi) is 7.35. The van der Waals surface area contributed by atoms with Crippen LogP contribution in [0.5, 0.6) is 0 Å². The van der Waals surface area contributed by atoms with E-state index >= 15 is 4.39 Å². The summed E-state index contributed by atoms with van der Waals surface area (Å²) in [6.45, 7) is 9.45. The Morgan fingerprint density at radius 1 is 1.38 bits per heavy atom. The van der Waals surface area contributed by atoms with E-state index in [4.69, 9.17) is 27.9 Å². The number of likely N-dealkylation sites (tertiary alicyclic amines) is 1. The molecule has 7 heteroatoms. The smallest absolute Gasteiger partial charge is 0.247 e. The molecule has 29 heavy (non-hydrogen) atoms. The van der Waals surface area contributed by atoms with E-state index in [0.29, 0.717) is 29.4 Å². The van der Waals surface area contributed by atoms with Crippen LogP contribution in [0.15, 0.2) is 22.8 Å². The number of alkyl halides is 2. The highest BCUT2D eigenvalue weighted by Gasteiger charge is 2.37. The Morgan fingerprint density at radius 2 is 2.07 bits per heavy atom. The van der Waals surface area contributed by atoms with Crippen LogP contribution in [0.3, 0.4) is 0 Å². The molecule has 2 aliphatic heterocycles. The first-order chi connectivity index (χ1) is 13.6. The molecule has 0 bridgehead atoms. The fourth-order valence-corrected chi connectivity index (χ4v) is 5.19. The standard InChI is InChI=1S/C22H33Cl2FN2O2/c1-15-18(10-17(23)11-19(15)24)20(28)26-14-22(25)5-7-27(8-6-22)13-16-4-9-29-21(2,3)12-16/h10-11,15-16,19H,4-9,12-14H2,1-3H3,(H,26,28)/t15?,16-,19?/m0/s1. The highest BCUT2D eigenvalue weighted by Crippen LogP contribution is 2.32. The largest absolute Gasteiger partial charge is 0.376 e. The minimum atomic E-state index is -1.36. The Bertz CT molecular complexity index is 672. The lowest BCUT2D eigenvalue weighted by Crippen LogP contribution is -2.50. The fourth-order valence-electron chi connectivity index (χ4n) is 4.60. The molecule has 0 saturated carbocycles. The minimum Gasteiger partial charge on any atom is -0.376 e. The summed E-state index contributed by atoms with van der Waals surface area (Å²) in [5.41, 5.74) is -0.905. The third-order valence-corrected chi connectivity index (χ3v) is 7.21. The van der Waals surface area contributed by atoms with Crippen LogP contribution in [0.2, 0.25) is 0 Å². The summed E-state index contributed by atoms with van der Waals surface area (Å²) in [6, 6.07) is 0. The molecule has 1 amide bonds. The summed E-state index contributed by atoms with van der Waals surface area (Å²) in [4.78, 5) is 14.9. The van der Waals surface area contributed by atoms with Crippen LogP contribution in [-0.2, 0) is 9.53 Å². The Hall–Kier alpha value is -0.620. The molecule has 0 spiro atoms. The van der Waals surface area contributed by atoms with Gasteiger partial charge in [-0.3, -0.25) is 4.79 Å². The number of carbonyl (C=O) groups is 1. The first-order valence-corrected chi connectivity index (χ1v) is 11.4. The molecule has 4 nitrogen and oxygen atoms in total. The predicted octanol–water partition coefficient (Wildman–Crippen LogP) is 4.42. The summed E-state index contributed by atoms with van der Waals surface area (Å²) < 4.78 is 21.1. The van der Waals surface area contributed by atoms with Crippen molar-refractivity contribution in [1.82, 2.24) is 10.2 Å². The molecule has 0 aromatic heterocycles. The lowest BCUT2D eigenvalue weighted by atomic mass is 9.86. The molecule has 2 saturated heterocycles. The van der Waals surface area contributed by atoms with Gasteiger partial charge in [-0.2, -0.15) is 0 Å². The SMILES string of the molecule is CC1C(C(=O)NCC2(F)CCN(C[C@H]3CCOC(C)(C)C3)CC2)=CC(Cl)=CC1Cl. The van der Waals surface area contributed by atoms with Gasteiger partial charge in [-0.1, -0.05) is 18.5 Å². The summed E-state index contributed by atoms with van der Waals surface area (Å²) in [6.07, 6.45) is 6.34. The highest BCUT2D eigenvalue weighted by molar-refractivity contribution is 6.33. The third kappa shape index (κ3) is 6.19. The van der Waals surface area contributed by atoms with Gasteiger partial charge in [0, 0.05) is 42.8 Å². The number of ether oxygens (including phenoxy) is 1. The molecule has 0 radical (unpaired) electrons. The van der Waals surface area contributed by atoms with Crippen molar-refractivity contribution in [1.29, 1.82) is 0 Å². The first-order valence-electron chi connectivity index (χ1n) is 10.6. The second kappa shape index (κ2) is 9.25. The van der Waals surface area contributed by atoms with E-state index < -0.39 is 5.67 Å². The van der Waals surface area contributed by atoms with Gasteiger partial charge in [0.25, 0.3) is 0 Å². The number of hydrogen-bond donors (Lipinski definition) is 1. The second-order valence-corrected chi connectivity index (χ2v) is 10.4. The van der Waals surface area contributed by atoms with Crippen LogP contribution in [0.1, 0.15) is 46.5 Å². The number of rotatable bonds is 5. The predicted molar refractivity (Wildman–Crippen MR) is 116 cm³/mol. The van der Waals surface area contributed by atoms with Gasteiger partial charge in [-0.25, -0.2) is 4.39 Å². The second-order valence-electron chi connectivity index (χ2n) is 9.49. The quantitative estimate of drug-likeness (QED) is 0.635. The number of carbonyl (C=O) groups excluding carboxylic acids is 1. The van der Waals surface area contributed by atoms with Crippen molar-refractivity contribution in [2.75, 3.05) is 32.8 Å². The van der Waals surface area contributed by atoms with E-state index in [1.807, 2.05) is 6.92 Å². The average molecular weight is 447 g/mol. The average Bonchev–Trinajstić information content (AvgIpc) is 2.64. The number of allylic oxidation sites excluding steroid dienone is 3. The van der Waals surface area contributed by atoms with Crippen molar-refractivity contribution in [3.63, 3.8) is 0 Å². The van der Waals surface area contributed by atoms with E-state index in [0.717, 1.165) is 39.1 Å². The lowest BCUT2D eigenvalue weighted by Gasteiger charge is -2.41. The molecule has 0 aromatic rings. The summed E-state index contributed by atoms with van der Waals surface area (Å²) >= 11 is 12.3. The van der Waals surface area contributed by atoms with E-state index in [1.54, 1.807) is 12.2 Å². The van der Waals surface area contributed by atoms with Gasteiger partial charge in [0.1, 0.15) is 5.67 Å². The maximum absolute atomic E-state index is 15.3. The van der Waals surface area contributed by atoms with Gasteiger partial charge in [0.05, 0.1) is 17.5 Å². The zero-order valence-electron chi connectivity index (χ0n) is 17.6. The summed E-state index contributed by atoms with van der Waals surface area (Å²) in [7, 11) is 0. The van der Waals surface area contributed by atoms with Gasteiger partial charge >= 0.3 is 0 Å². The van der Waals surface area contributed by atoms with Crippen molar-refractivity contribution in [2.24, 2.45) is 11.8 Å². The highest BCUT2D eigenvalue weighted by atomic mass is 35.5. The number of piperidine rings is 1. The lowest BCUT2D eigenvalue weighted by molar-refractivity contribution is -0.119. The van der Waals surface area contributed by atoms with Gasteiger partial charge in [0.2, 0.25) is 5.91 Å². The maximum atomic E-state index is 15.3. The normalized spacial score (nSPS) is 32.3. The molecule has 0 aromatic carbocycles. The van der Waals surface area contributed by atoms with Crippen LogP contribution in [0, 0.1) is 11.8 Å². The summed E-state index contributed by atoms with van der Waals surface area (Å²) in [5.74, 6) is 0.171. The zero-order chi connectivity index (χ0) is 21.2.